The van der Waals surface area contributed by atoms with E-state index < -0.39 is 48.2 Å². The van der Waals surface area contributed by atoms with Crippen LogP contribution in [0.4, 0.5) is 0 Å². The number of carboxylic acid groups (broad SMARTS) is 1. The number of ketones is 1. The molecule has 1 aliphatic carbocycles. The van der Waals surface area contributed by atoms with Crippen molar-refractivity contribution in [2.45, 2.75) is 103 Å². The van der Waals surface area contributed by atoms with Gasteiger partial charge in [-0.15, -0.1) is 0 Å². The third kappa shape index (κ3) is 8.84. The minimum absolute atomic E-state index is 0.221. The van der Waals surface area contributed by atoms with Crippen molar-refractivity contribution in [2.24, 2.45) is 0 Å². The summed E-state index contributed by atoms with van der Waals surface area (Å²) in [6.07, 6.45) is 9.08. The van der Waals surface area contributed by atoms with E-state index in [1.807, 2.05) is 13.0 Å². The summed E-state index contributed by atoms with van der Waals surface area (Å²) < 4.78 is 10.7. The minimum Gasteiger partial charge on any atom is -0.481 e. The lowest BCUT2D eigenvalue weighted by atomic mass is 9.84. The Morgan fingerprint density at radius 3 is 2.31 bits per heavy atom. The topological polar surface area (TPSA) is 134 Å². The number of aliphatic hydroxyl groups is 2. The summed E-state index contributed by atoms with van der Waals surface area (Å²) >= 11 is 0. The molecule has 1 aliphatic heterocycles. The first-order valence-electron chi connectivity index (χ1n) is 12.4. The van der Waals surface area contributed by atoms with Crippen molar-refractivity contribution in [3.05, 3.63) is 46.6 Å². The Kier molecular flexibility index (Phi) is 10.4. The smallest absolute Gasteiger partial charge is 0.309 e. The van der Waals surface area contributed by atoms with Crippen LogP contribution in [-0.2, 0) is 23.9 Å². The molecular formula is C28H40O8. The fraction of sp³-hybridized carbons (Fsp3) is 0.607. The maximum atomic E-state index is 12.8. The molecule has 0 bridgehead atoms. The maximum absolute atomic E-state index is 12.8. The number of carboxylic acids is 1. The monoisotopic (exact) mass is 504 g/mol. The van der Waals surface area contributed by atoms with Crippen LogP contribution in [0.25, 0.3) is 0 Å². The highest BCUT2D eigenvalue weighted by molar-refractivity contribution is 6.02. The molecule has 0 unspecified atom stereocenters. The van der Waals surface area contributed by atoms with Crippen LogP contribution in [0.1, 0.15) is 79.6 Å². The number of epoxide rings is 1. The molecule has 0 amide bonds. The van der Waals surface area contributed by atoms with E-state index in [1.165, 1.54) is 24.1 Å². The molecule has 0 saturated carbocycles. The van der Waals surface area contributed by atoms with E-state index in [9.17, 15) is 24.6 Å². The molecule has 1 saturated heterocycles. The Morgan fingerprint density at radius 2 is 1.69 bits per heavy atom. The normalized spacial score (nSPS) is 25.4. The highest BCUT2D eigenvalue weighted by Crippen LogP contribution is 2.48. The molecular weight excluding hydrogens is 464 g/mol. The third-order valence-corrected chi connectivity index (χ3v) is 6.47. The largest absolute Gasteiger partial charge is 0.481 e. The lowest BCUT2D eigenvalue weighted by Crippen LogP contribution is -2.38. The molecule has 200 valence electrons. The fourth-order valence-corrected chi connectivity index (χ4v) is 4.25. The highest BCUT2D eigenvalue weighted by Gasteiger charge is 2.66. The van der Waals surface area contributed by atoms with Crippen molar-refractivity contribution in [1.82, 2.24) is 0 Å². The summed E-state index contributed by atoms with van der Waals surface area (Å²) in [5, 5.41) is 29.4. The molecule has 8 nitrogen and oxygen atoms in total. The fourth-order valence-electron chi connectivity index (χ4n) is 4.25. The quantitative estimate of drug-likeness (QED) is 0.184. The second-order valence-corrected chi connectivity index (χ2v) is 10.5. The predicted molar refractivity (Wildman–Crippen MR) is 135 cm³/mol. The Hall–Kier alpha value is -2.55. The molecule has 4 atom stereocenters. The third-order valence-electron chi connectivity index (χ3n) is 6.47. The number of fused-ring (bicyclic) bond motifs is 1. The zero-order valence-electron chi connectivity index (χ0n) is 22.0. The van der Waals surface area contributed by atoms with Crippen LogP contribution in [-0.4, -0.2) is 63.1 Å². The van der Waals surface area contributed by atoms with Crippen molar-refractivity contribution in [1.29, 1.82) is 0 Å². The number of aliphatic carboxylic acids is 1. The van der Waals surface area contributed by atoms with Gasteiger partial charge in [-0.3, -0.25) is 14.4 Å². The lowest BCUT2D eigenvalue weighted by molar-refractivity contribution is -0.151. The van der Waals surface area contributed by atoms with Crippen LogP contribution >= 0.6 is 0 Å². The minimum atomic E-state index is -1.75. The van der Waals surface area contributed by atoms with Gasteiger partial charge in [0.1, 0.15) is 18.8 Å². The van der Waals surface area contributed by atoms with Gasteiger partial charge >= 0.3 is 11.9 Å². The van der Waals surface area contributed by atoms with E-state index in [0.29, 0.717) is 6.42 Å². The number of esters is 1. The Morgan fingerprint density at radius 1 is 1.08 bits per heavy atom. The zero-order chi connectivity index (χ0) is 27.1. The van der Waals surface area contributed by atoms with Gasteiger partial charge in [0.15, 0.2) is 11.4 Å². The molecule has 0 aromatic rings. The SMILES string of the molecule is CC(C)=CCC/C(C)=C/CC/C(C)=C/C[C@@]12O[C@@H]1[C@H](O)C(COC(=O)C[C@@](C)(O)CC(=O)O)=CC2=O. The predicted octanol–water partition coefficient (Wildman–Crippen LogP) is 3.96. The zero-order valence-corrected chi connectivity index (χ0v) is 22.0. The Balaban J connectivity index is 1.85. The van der Waals surface area contributed by atoms with E-state index in [-0.39, 0.29) is 18.0 Å². The second-order valence-electron chi connectivity index (χ2n) is 10.5. The average molecular weight is 505 g/mol. The molecule has 0 radical (unpaired) electrons. The van der Waals surface area contributed by atoms with Gasteiger partial charge in [0.25, 0.3) is 0 Å². The number of aliphatic hydroxyl groups excluding tert-OH is 1. The number of rotatable bonds is 14. The van der Waals surface area contributed by atoms with Gasteiger partial charge < -0.3 is 24.8 Å². The number of hydrogen-bond donors (Lipinski definition) is 3. The number of allylic oxidation sites excluding steroid dienone is 5. The summed E-state index contributed by atoms with van der Waals surface area (Å²) in [4.78, 5) is 35.5. The van der Waals surface area contributed by atoms with Crippen molar-refractivity contribution >= 4 is 17.7 Å². The molecule has 8 heteroatoms. The number of carbonyl (C=O) groups excluding carboxylic acids is 2. The van der Waals surface area contributed by atoms with Crippen LogP contribution in [0.3, 0.4) is 0 Å². The van der Waals surface area contributed by atoms with E-state index in [0.717, 1.165) is 31.3 Å². The van der Waals surface area contributed by atoms with Crippen LogP contribution in [0, 0.1) is 0 Å². The van der Waals surface area contributed by atoms with Gasteiger partial charge in [-0.1, -0.05) is 34.9 Å². The number of hydrogen-bond acceptors (Lipinski definition) is 7. The van der Waals surface area contributed by atoms with E-state index >= 15 is 0 Å². The van der Waals surface area contributed by atoms with Crippen molar-refractivity contribution < 1.29 is 39.2 Å². The molecule has 0 aromatic heterocycles. The molecule has 1 heterocycles. The summed E-state index contributed by atoms with van der Waals surface area (Å²) in [5.74, 6) is -2.34. The molecule has 0 aromatic carbocycles. The van der Waals surface area contributed by atoms with Crippen molar-refractivity contribution in [3.8, 4) is 0 Å². The molecule has 3 N–H and O–H groups in total. The van der Waals surface area contributed by atoms with Gasteiger partial charge in [-0.2, -0.15) is 0 Å². The standard InChI is InChI=1S/C28H40O8/c1-18(2)8-6-9-19(3)10-7-11-20(4)12-13-28-22(29)14-21(25(33)26(28)36-28)17-35-24(32)16-27(5,34)15-23(30)31/h8,10,12,14,25-26,33-34H,6-7,9,11,13,15-17H2,1-5H3,(H,30,31)/b19-10+,20-12+/t25-,26-,27+,28+/m1/s1. The van der Waals surface area contributed by atoms with E-state index in [1.54, 1.807) is 0 Å². The van der Waals surface area contributed by atoms with Crippen molar-refractivity contribution in [3.63, 3.8) is 0 Å². The van der Waals surface area contributed by atoms with Gasteiger partial charge in [0.2, 0.25) is 0 Å². The molecule has 0 spiro atoms. The first-order valence-corrected chi connectivity index (χ1v) is 12.4. The molecule has 2 rings (SSSR count). The Labute approximate surface area is 213 Å². The highest BCUT2D eigenvalue weighted by atomic mass is 16.6. The van der Waals surface area contributed by atoms with Gasteiger partial charge in [0, 0.05) is 12.0 Å². The van der Waals surface area contributed by atoms with E-state index in [2.05, 4.69) is 32.9 Å². The van der Waals surface area contributed by atoms with Gasteiger partial charge in [0.05, 0.1) is 18.4 Å². The molecule has 2 aliphatic rings. The summed E-state index contributed by atoms with van der Waals surface area (Å²) in [5.41, 5.74) is 1.23. The number of ether oxygens (including phenoxy) is 2. The number of carbonyl (C=O) groups is 3. The van der Waals surface area contributed by atoms with Crippen molar-refractivity contribution in [2.75, 3.05) is 6.61 Å². The first kappa shape index (κ1) is 29.7. The average Bonchev–Trinajstić information content (AvgIpc) is 3.49. The summed E-state index contributed by atoms with van der Waals surface area (Å²) in [6, 6.07) is 0. The first-order chi connectivity index (χ1) is 16.8. The van der Waals surface area contributed by atoms with Crippen LogP contribution < -0.4 is 0 Å². The second kappa shape index (κ2) is 12.6. The molecule has 36 heavy (non-hydrogen) atoms. The summed E-state index contributed by atoms with van der Waals surface area (Å²) in [6.45, 7) is 9.25. The van der Waals surface area contributed by atoms with Crippen LogP contribution in [0.2, 0.25) is 0 Å². The van der Waals surface area contributed by atoms with Crippen LogP contribution in [0.5, 0.6) is 0 Å². The van der Waals surface area contributed by atoms with Crippen LogP contribution in [0.15, 0.2) is 46.6 Å². The summed E-state index contributed by atoms with van der Waals surface area (Å²) in [7, 11) is 0. The van der Waals surface area contributed by atoms with Gasteiger partial charge in [-0.05, 0) is 66.4 Å². The molecule has 1 fully saturated rings. The lowest BCUT2D eigenvalue weighted by Gasteiger charge is -2.22. The Bertz CT molecular complexity index is 964. The van der Waals surface area contributed by atoms with Gasteiger partial charge in [-0.25, -0.2) is 0 Å². The van der Waals surface area contributed by atoms with E-state index in [4.69, 9.17) is 14.6 Å². The maximum Gasteiger partial charge on any atom is 0.309 e.